The summed E-state index contributed by atoms with van der Waals surface area (Å²) in [5.41, 5.74) is 0.877. The Morgan fingerprint density at radius 2 is 2.35 bits per heavy atom. The van der Waals surface area contributed by atoms with E-state index in [1.807, 2.05) is 13.0 Å². The van der Waals surface area contributed by atoms with E-state index in [2.05, 4.69) is 25.4 Å². The van der Waals surface area contributed by atoms with Crippen LogP contribution in [-0.2, 0) is 6.54 Å². The number of rotatable bonds is 4. The van der Waals surface area contributed by atoms with E-state index in [0.29, 0.717) is 17.3 Å². The largest absolute Gasteiger partial charge is 0.476 e. The molecule has 102 valence electrons. The Morgan fingerprint density at radius 1 is 1.50 bits per heavy atom. The Kier molecular flexibility index (Phi) is 3.03. The summed E-state index contributed by atoms with van der Waals surface area (Å²) in [5.74, 6) is 0.223. The molecule has 3 heterocycles. The lowest BCUT2D eigenvalue weighted by atomic mass is 10.4. The van der Waals surface area contributed by atoms with Gasteiger partial charge in [-0.3, -0.25) is 0 Å². The molecule has 0 amide bonds. The Morgan fingerprint density at radius 3 is 3.10 bits per heavy atom. The Labute approximate surface area is 117 Å². The van der Waals surface area contributed by atoms with Gasteiger partial charge in [0.25, 0.3) is 5.78 Å². The average molecular weight is 290 g/mol. The highest BCUT2D eigenvalue weighted by Crippen LogP contribution is 2.14. The number of carboxylic acid groups (broad SMARTS) is 1. The zero-order valence-corrected chi connectivity index (χ0v) is 11.3. The maximum Gasteiger partial charge on any atom is 0.355 e. The summed E-state index contributed by atoms with van der Waals surface area (Å²) in [7, 11) is 0. The zero-order chi connectivity index (χ0) is 14.1. The number of anilines is 1. The number of carbonyl (C=O) groups is 1. The van der Waals surface area contributed by atoms with Crippen LogP contribution in [0.15, 0.2) is 17.8 Å². The van der Waals surface area contributed by atoms with Crippen LogP contribution in [0.25, 0.3) is 5.78 Å². The van der Waals surface area contributed by atoms with Gasteiger partial charge in [0, 0.05) is 17.1 Å². The van der Waals surface area contributed by atoms with Gasteiger partial charge in [-0.25, -0.2) is 14.8 Å². The number of nitrogens with zero attached hydrogens (tertiary/aromatic N) is 5. The standard InChI is InChI=1S/C11H10N6O2S/c1-6-2-8(17-11(15-6)13-5-14-17)12-3-9-16-7(4-20-9)10(18)19/h2,4-5,12H,3H2,1H3,(H,18,19). The number of aromatic carboxylic acids is 1. The molecule has 0 atom stereocenters. The number of aromatic nitrogens is 5. The lowest BCUT2D eigenvalue weighted by Crippen LogP contribution is -2.07. The van der Waals surface area contributed by atoms with Crippen LogP contribution in [0.3, 0.4) is 0 Å². The van der Waals surface area contributed by atoms with Crippen molar-refractivity contribution in [3.05, 3.63) is 34.2 Å². The summed E-state index contributed by atoms with van der Waals surface area (Å²) in [6, 6.07) is 1.84. The third-order valence-corrected chi connectivity index (χ3v) is 3.42. The first-order valence-corrected chi connectivity index (χ1v) is 6.60. The quantitative estimate of drug-likeness (QED) is 0.743. The van der Waals surface area contributed by atoms with E-state index in [9.17, 15) is 4.79 Å². The fourth-order valence-corrected chi connectivity index (χ4v) is 2.42. The molecule has 0 saturated carbocycles. The number of hydrogen-bond donors (Lipinski definition) is 2. The minimum absolute atomic E-state index is 0.0589. The summed E-state index contributed by atoms with van der Waals surface area (Å²) in [4.78, 5) is 23.0. The second kappa shape index (κ2) is 4.85. The normalized spacial score (nSPS) is 10.8. The van der Waals surface area contributed by atoms with Crippen molar-refractivity contribution in [2.24, 2.45) is 0 Å². The van der Waals surface area contributed by atoms with Crippen molar-refractivity contribution in [1.82, 2.24) is 24.6 Å². The second-order valence-corrected chi connectivity index (χ2v) is 4.98. The molecule has 0 fully saturated rings. The number of hydrogen-bond acceptors (Lipinski definition) is 7. The monoisotopic (exact) mass is 290 g/mol. The van der Waals surface area contributed by atoms with Gasteiger partial charge in [-0.05, 0) is 6.92 Å². The van der Waals surface area contributed by atoms with Crippen molar-refractivity contribution >= 4 is 28.9 Å². The van der Waals surface area contributed by atoms with Crippen LogP contribution in [0.1, 0.15) is 21.2 Å². The Bertz CT molecular complexity index is 780. The molecule has 0 aromatic carbocycles. The third kappa shape index (κ3) is 2.30. The van der Waals surface area contributed by atoms with Gasteiger partial charge in [-0.15, -0.1) is 11.3 Å². The van der Waals surface area contributed by atoms with E-state index < -0.39 is 5.97 Å². The number of carboxylic acids is 1. The van der Waals surface area contributed by atoms with E-state index in [0.717, 1.165) is 11.5 Å². The van der Waals surface area contributed by atoms with Crippen LogP contribution in [0.4, 0.5) is 5.82 Å². The summed E-state index contributed by atoms with van der Waals surface area (Å²) in [6.07, 6.45) is 1.43. The van der Waals surface area contributed by atoms with Crippen LogP contribution in [0.2, 0.25) is 0 Å². The topological polar surface area (TPSA) is 105 Å². The van der Waals surface area contributed by atoms with Crippen molar-refractivity contribution in [1.29, 1.82) is 0 Å². The zero-order valence-electron chi connectivity index (χ0n) is 10.4. The smallest absolute Gasteiger partial charge is 0.355 e. The van der Waals surface area contributed by atoms with Crippen molar-refractivity contribution in [3.63, 3.8) is 0 Å². The first-order valence-electron chi connectivity index (χ1n) is 5.72. The lowest BCUT2D eigenvalue weighted by molar-refractivity contribution is 0.0691. The lowest BCUT2D eigenvalue weighted by Gasteiger charge is -2.06. The molecule has 8 nitrogen and oxygen atoms in total. The minimum atomic E-state index is -1.02. The SMILES string of the molecule is Cc1cc(NCc2nc(C(=O)O)cs2)n2ncnc2n1. The van der Waals surface area contributed by atoms with Gasteiger partial charge in [0.1, 0.15) is 17.2 Å². The maximum atomic E-state index is 10.8. The molecule has 0 aliphatic carbocycles. The predicted octanol–water partition coefficient (Wildman–Crippen LogP) is 1.20. The fourth-order valence-electron chi connectivity index (χ4n) is 1.71. The van der Waals surface area contributed by atoms with Gasteiger partial charge in [-0.1, -0.05) is 0 Å². The molecule has 0 aliphatic heterocycles. The summed E-state index contributed by atoms with van der Waals surface area (Å²) >= 11 is 1.29. The van der Waals surface area contributed by atoms with Crippen LogP contribution >= 0.6 is 11.3 Å². The molecule has 3 aromatic heterocycles. The van der Waals surface area contributed by atoms with Crippen molar-refractivity contribution in [2.45, 2.75) is 13.5 Å². The van der Waals surface area contributed by atoms with E-state index >= 15 is 0 Å². The number of thiazole rings is 1. The van der Waals surface area contributed by atoms with Gasteiger partial charge >= 0.3 is 5.97 Å². The molecule has 9 heteroatoms. The van der Waals surface area contributed by atoms with Gasteiger partial charge in [0.15, 0.2) is 5.69 Å². The van der Waals surface area contributed by atoms with Gasteiger partial charge in [0.05, 0.1) is 6.54 Å². The molecular formula is C11H10N6O2S. The van der Waals surface area contributed by atoms with E-state index in [1.165, 1.54) is 23.0 Å². The number of nitrogens with one attached hydrogen (secondary N) is 1. The summed E-state index contributed by atoms with van der Waals surface area (Å²) in [5, 5.41) is 18.3. The molecule has 0 spiro atoms. The molecule has 20 heavy (non-hydrogen) atoms. The van der Waals surface area contributed by atoms with Crippen LogP contribution in [0.5, 0.6) is 0 Å². The first-order chi connectivity index (χ1) is 9.63. The highest BCUT2D eigenvalue weighted by Gasteiger charge is 2.10. The van der Waals surface area contributed by atoms with Crippen molar-refractivity contribution in [2.75, 3.05) is 5.32 Å². The van der Waals surface area contributed by atoms with Crippen LogP contribution in [-0.4, -0.2) is 35.6 Å². The Hall–Kier alpha value is -2.55. The third-order valence-electron chi connectivity index (χ3n) is 2.57. The molecule has 0 saturated heterocycles. The minimum Gasteiger partial charge on any atom is -0.476 e. The summed E-state index contributed by atoms with van der Waals surface area (Å²) in [6.45, 7) is 2.28. The van der Waals surface area contributed by atoms with Crippen molar-refractivity contribution < 1.29 is 9.90 Å². The highest BCUT2D eigenvalue weighted by atomic mass is 32.1. The maximum absolute atomic E-state index is 10.8. The number of fused-ring (bicyclic) bond motifs is 1. The van der Waals surface area contributed by atoms with E-state index in [4.69, 9.17) is 5.11 Å². The fraction of sp³-hybridized carbons (Fsp3) is 0.182. The molecule has 0 bridgehead atoms. The molecule has 0 radical (unpaired) electrons. The first kappa shape index (κ1) is 12.5. The van der Waals surface area contributed by atoms with Crippen LogP contribution < -0.4 is 5.32 Å². The van der Waals surface area contributed by atoms with Crippen molar-refractivity contribution in [3.8, 4) is 0 Å². The van der Waals surface area contributed by atoms with Gasteiger partial charge in [-0.2, -0.15) is 14.6 Å². The van der Waals surface area contributed by atoms with Gasteiger partial charge < -0.3 is 10.4 Å². The molecule has 2 N–H and O–H groups in total. The van der Waals surface area contributed by atoms with Crippen LogP contribution in [0, 0.1) is 6.92 Å². The average Bonchev–Trinajstić information content (AvgIpc) is 3.04. The molecular weight excluding hydrogens is 280 g/mol. The van der Waals surface area contributed by atoms with E-state index in [-0.39, 0.29) is 5.69 Å². The van der Waals surface area contributed by atoms with E-state index in [1.54, 1.807) is 4.52 Å². The number of aryl methyl sites for hydroxylation is 1. The molecule has 3 rings (SSSR count). The summed E-state index contributed by atoms with van der Waals surface area (Å²) < 4.78 is 1.58. The van der Waals surface area contributed by atoms with Gasteiger partial charge in [0.2, 0.25) is 0 Å². The predicted molar refractivity (Wildman–Crippen MR) is 71.9 cm³/mol. The Balaban J connectivity index is 1.82. The molecule has 0 aliphatic rings. The molecule has 3 aromatic rings. The second-order valence-electron chi connectivity index (χ2n) is 4.04. The molecule has 0 unspecified atom stereocenters. The highest BCUT2D eigenvalue weighted by molar-refractivity contribution is 7.09.